The largest absolute Gasteiger partial charge is 0.356 e. The van der Waals surface area contributed by atoms with Gasteiger partial charge in [0.1, 0.15) is 0 Å². The number of piperidine rings is 1. The highest BCUT2D eigenvalue weighted by molar-refractivity contribution is 5.80. The van der Waals surface area contributed by atoms with Crippen LogP contribution < -0.4 is 10.6 Å². The van der Waals surface area contributed by atoms with Gasteiger partial charge in [-0.1, -0.05) is 60.7 Å². The Morgan fingerprint density at radius 3 is 2.45 bits per heavy atom. The first-order chi connectivity index (χ1) is 14.2. The Kier molecular flexibility index (Phi) is 6.50. The van der Waals surface area contributed by atoms with Gasteiger partial charge in [-0.2, -0.15) is 0 Å². The van der Waals surface area contributed by atoms with Crippen molar-refractivity contribution in [2.24, 2.45) is 10.9 Å². The van der Waals surface area contributed by atoms with E-state index in [1.54, 1.807) is 0 Å². The van der Waals surface area contributed by atoms with Crippen molar-refractivity contribution in [2.45, 2.75) is 50.7 Å². The van der Waals surface area contributed by atoms with E-state index in [2.05, 4.69) is 88.1 Å². The standard InChI is InChI=1S/C25H34N4/c1-19-15-23(13-14-29(19)18-20-9-5-3-6-10-20)28-25(26-2)27-17-22-16-24(22)21-11-7-4-8-12-21/h3-12,19,22-24H,13-18H2,1-2H3,(H2,26,27,28). The number of hydrogen-bond donors (Lipinski definition) is 2. The average Bonchev–Trinajstić information content (AvgIpc) is 3.54. The summed E-state index contributed by atoms with van der Waals surface area (Å²) in [5.41, 5.74) is 2.88. The smallest absolute Gasteiger partial charge is 0.191 e. The summed E-state index contributed by atoms with van der Waals surface area (Å²) in [6.07, 6.45) is 3.60. The summed E-state index contributed by atoms with van der Waals surface area (Å²) in [5, 5.41) is 7.24. The highest BCUT2D eigenvalue weighted by Gasteiger charge is 2.38. The maximum Gasteiger partial charge on any atom is 0.191 e. The molecule has 1 saturated heterocycles. The molecule has 1 aliphatic heterocycles. The Bertz CT molecular complexity index is 789. The molecule has 1 saturated carbocycles. The maximum absolute atomic E-state index is 4.47. The summed E-state index contributed by atoms with van der Waals surface area (Å²) >= 11 is 0. The molecule has 4 rings (SSSR count). The van der Waals surface area contributed by atoms with Crippen LogP contribution in [0.25, 0.3) is 0 Å². The number of hydrogen-bond acceptors (Lipinski definition) is 2. The van der Waals surface area contributed by atoms with Gasteiger partial charge in [-0.05, 0) is 49.1 Å². The normalized spacial score (nSPS) is 27.4. The minimum atomic E-state index is 0.493. The molecule has 4 nitrogen and oxygen atoms in total. The van der Waals surface area contributed by atoms with Gasteiger partial charge in [-0.25, -0.2) is 0 Å². The van der Waals surface area contributed by atoms with Crippen molar-refractivity contribution in [3.05, 3.63) is 71.8 Å². The topological polar surface area (TPSA) is 39.7 Å². The van der Waals surface area contributed by atoms with E-state index in [-0.39, 0.29) is 0 Å². The second-order valence-corrected chi connectivity index (χ2v) is 8.64. The van der Waals surface area contributed by atoms with Crippen LogP contribution in [0.5, 0.6) is 0 Å². The first-order valence-corrected chi connectivity index (χ1v) is 11.0. The van der Waals surface area contributed by atoms with Crippen molar-refractivity contribution >= 4 is 5.96 Å². The van der Waals surface area contributed by atoms with Crippen molar-refractivity contribution < 1.29 is 0 Å². The third-order valence-corrected chi connectivity index (χ3v) is 6.49. The van der Waals surface area contributed by atoms with Gasteiger partial charge in [0.05, 0.1) is 0 Å². The summed E-state index contributed by atoms with van der Waals surface area (Å²) in [7, 11) is 1.88. The Morgan fingerprint density at radius 1 is 1.03 bits per heavy atom. The van der Waals surface area contributed by atoms with Crippen molar-refractivity contribution in [3.8, 4) is 0 Å². The zero-order valence-electron chi connectivity index (χ0n) is 17.7. The van der Waals surface area contributed by atoms with E-state index in [0.717, 1.165) is 44.4 Å². The number of guanidine groups is 1. The van der Waals surface area contributed by atoms with Crippen LogP contribution in [-0.2, 0) is 6.54 Å². The molecule has 0 bridgehead atoms. The molecule has 0 spiro atoms. The summed E-state index contributed by atoms with van der Waals surface area (Å²) in [6.45, 7) is 5.52. The van der Waals surface area contributed by atoms with Gasteiger partial charge in [0, 0.05) is 38.8 Å². The molecule has 0 amide bonds. The van der Waals surface area contributed by atoms with Crippen molar-refractivity contribution in [1.29, 1.82) is 0 Å². The Labute approximate surface area is 175 Å². The summed E-state index contributed by atoms with van der Waals surface area (Å²) in [5.74, 6) is 2.39. The number of aliphatic imine (C=N–C) groups is 1. The van der Waals surface area contributed by atoms with E-state index in [9.17, 15) is 0 Å². The van der Waals surface area contributed by atoms with Crippen LogP contribution in [0.2, 0.25) is 0 Å². The molecule has 0 radical (unpaired) electrons. The van der Waals surface area contributed by atoms with Crippen molar-refractivity contribution in [1.82, 2.24) is 15.5 Å². The minimum Gasteiger partial charge on any atom is -0.356 e. The molecule has 1 heterocycles. The molecule has 29 heavy (non-hydrogen) atoms. The monoisotopic (exact) mass is 390 g/mol. The number of nitrogens with zero attached hydrogens (tertiary/aromatic N) is 2. The Balaban J connectivity index is 1.21. The number of likely N-dealkylation sites (tertiary alicyclic amines) is 1. The van der Waals surface area contributed by atoms with Gasteiger partial charge in [0.25, 0.3) is 0 Å². The van der Waals surface area contributed by atoms with Crippen molar-refractivity contribution in [2.75, 3.05) is 20.1 Å². The fourth-order valence-corrected chi connectivity index (χ4v) is 4.60. The predicted octanol–water partition coefficient (Wildman–Crippen LogP) is 4.01. The quantitative estimate of drug-likeness (QED) is 0.578. The van der Waals surface area contributed by atoms with Crippen LogP contribution in [0.15, 0.2) is 65.7 Å². The van der Waals surface area contributed by atoms with Crippen LogP contribution in [0, 0.1) is 5.92 Å². The Morgan fingerprint density at radius 2 is 1.76 bits per heavy atom. The molecule has 0 aromatic heterocycles. The van der Waals surface area contributed by atoms with Crippen LogP contribution in [-0.4, -0.2) is 43.1 Å². The molecule has 4 heteroatoms. The number of rotatable bonds is 6. The highest BCUT2D eigenvalue weighted by Crippen LogP contribution is 2.46. The Hall–Kier alpha value is -2.33. The molecular weight excluding hydrogens is 356 g/mol. The van der Waals surface area contributed by atoms with Gasteiger partial charge in [0.2, 0.25) is 0 Å². The molecule has 4 atom stereocenters. The van der Waals surface area contributed by atoms with Crippen LogP contribution >= 0.6 is 0 Å². The van der Waals surface area contributed by atoms with E-state index in [4.69, 9.17) is 0 Å². The molecular formula is C25H34N4. The van der Waals surface area contributed by atoms with Crippen LogP contribution in [0.4, 0.5) is 0 Å². The fourth-order valence-electron chi connectivity index (χ4n) is 4.60. The second-order valence-electron chi connectivity index (χ2n) is 8.64. The maximum atomic E-state index is 4.47. The third kappa shape index (κ3) is 5.39. The highest BCUT2D eigenvalue weighted by atomic mass is 15.2. The molecule has 2 aromatic rings. The lowest BCUT2D eigenvalue weighted by Gasteiger charge is -2.38. The fraction of sp³-hybridized carbons (Fsp3) is 0.480. The molecule has 4 unspecified atom stereocenters. The van der Waals surface area contributed by atoms with Crippen molar-refractivity contribution in [3.63, 3.8) is 0 Å². The van der Waals surface area contributed by atoms with Gasteiger partial charge >= 0.3 is 0 Å². The van der Waals surface area contributed by atoms with Gasteiger partial charge in [-0.3, -0.25) is 9.89 Å². The molecule has 2 fully saturated rings. The molecule has 1 aliphatic carbocycles. The molecule has 2 N–H and O–H groups in total. The van der Waals surface area contributed by atoms with E-state index >= 15 is 0 Å². The molecule has 154 valence electrons. The second kappa shape index (κ2) is 9.45. The van der Waals surface area contributed by atoms with E-state index < -0.39 is 0 Å². The van der Waals surface area contributed by atoms with Gasteiger partial charge in [0.15, 0.2) is 5.96 Å². The average molecular weight is 391 g/mol. The number of nitrogens with one attached hydrogen (secondary N) is 2. The zero-order chi connectivity index (χ0) is 20.1. The lowest BCUT2D eigenvalue weighted by molar-refractivity contribution is 0.134. The van der Waals surface area contributed by atoms with Gasteiger partial charge < -0.3 is 10.6 Å². The lowest BCUT2D eigenvalue weighted by atomic mass is 9.97. The first-order valence-electron chi connectivity index (χ1n) is 11.0. The first kappa shape index (κ1) is 20.0. The zero-order valence-corrected chi connectivity index (χ0v) is 17.7. The summed E-state index contributed by atoms with van der Waals surface area (Å²) in [6, 6.07) is 22.8. The lowest BCUT2D eigenvalue weighted by Crippen LogP contribution is -2.51. The summed E-state index contributed by atoms with van der Waals surface area (Å²) in [4.78, 5) is 7.07. The van der Waals surface area contributed by atoms with Gasteiger partial charge in [-0.15, -0.1) is 0 Å². The molecule has 2 aliphatic rings. The van der Waals surface area contributed by atoms with Crippen LogP contribution in [0.3, 0.4) is 0 Å². The van der Waals surface area contributed by atoms with E-state index in [0.29, 0.717) is 18.0 Å². The molecule has 2 aromatic carbocycles. The SMILES string of the molecule is CN=C(NCC1CC1c1ccccc1)NC1CCN(Cc2ccccc2)C(C)C1. The number of benzene rings is 2. The third-order valence-electron chi connectivity index (χ3n) is 6.49. The van der Waals surface area contributed by atoms with E-state index in [1.165, 1.54) is 17.5 Å². The predicted molar refractivity (Wildman–Crippen MR) is 121 cm³/mol. The van der Waals surface area contributed by atoms with E-state index in [1.807, 2.05) is 7.05 Å². The van der Waals surface area contributed by atoms with Crippen LogP contribution in [0.1, 0.15) is 43.2 Å². The summed E-state index contributed by atoms with van der Waals surface area (Å²) < 4.78 is 0. The minimum absolute atomic E-state index is 0.493.